The number of benzene rings is 2. The molecule has 0 saturated carbocycles. The van der Waals surface area contributed by atoms with E-state index >= 15 is 0 Å². The molecular weight excluding hydrogens is 432 g/mol. The van der Waals surface area contributed by atoms with Crippen molar-refractivity contribution in [2.24, 2.45) is 5.73 Å². The monoisotopic (exact) mass is 456 g/mol. The highest BCUT2D eigenvalue weighted by atomic mass is 35.5. The van der Waals surface area contributed by atoms with Crippen molar-refractivity contribution in [2.45, 2.75) is 12.5 Å². The lowest BCUT2D eigenvalue weighted by Gasteiger charge is -2.35. The molecule has 0 aliphatic carbocycles. The van der Waals surface area contributed by atoms with Crippen molar-refractivity contribution in [3.05, 3.63) is 64.2 Å². The molecule has 3 rings (SSSR count). The summed E-state index contributed by atoms with van der Waals surface area (Å²) in [6, 6.07) is 13.6. The fraction of sp³-hybridized carbons (Fsp3) is 0.348. The maximum atomic E-state index is 12.6. The topological polar surface area (TPSA) is 120 Å². The number of aliphatic hydroxyl groups is 1. The largest absolute Gasteiger partial charge is 0.491 e. The van der Waals surface area contributed by atoms with Crippen LogP contribution in [0.2, 0.25) is 5.02 Å². The molecule has 0 bridgehead atoms. The van der Waals surface area contributed by atoms with Crippen molar-refractivity contribution in [1.82, 2.24) is 9.80 Å². The average Bonchev–Trinajstić information content (AvgIpc) is 2.78. The molecule has 1 fully saturated rings. The van der Waals surface area contributed by atoms with E-state index in [-0.39, 0.29) is 18.9 Å². The molecule has 0 radical (unpaired) electrons. The van der Waals surface area contributed by atoms with Gasteiger partial charge in [0.1, 0.15) is 18.5 Å². The summed E-state index contributed by atoms with van der Waals surface area (Å²) in [4.78, 5) is 27.7. The summed E-state index contributed by atoms with van der Waals surface area (Å²) in [5.74, 6) is -0.148. The van der Waals surface area contributed by atoms with Crippen LogP contribution in [0.5, 0.6) is 5.75 Å². The predicted octanol–water partition coefficient (Wildman–Crippen LogP) is 1.44. The third-order valence-electron chi connectivity index (χ3n) is 5.21. The quantitative estimate of drug-likeness (QED) is 0.620. The summed E-state index contributed by atoms with van der Waals surface area (Å²) < 4.78 is 5.70. The summed E-state index contributed by atoms with van der Waals surface area (Å²) in [6.45, 7) is 2.83. The fourth-order valence-electron chi connectivity index (χ4n) is 3.56. The number of ether oxygens (including phenoxy) is 1. The second-order valence-corrected chi connectivity index (χ2v) is 8.08. The number of nitrogens with two attached hydrogens (primary N) is 1. The minimum absolute atomic E-state index is 0.0293. The highest BCUT2D eigenvalue weighted by Gasteiger charge is 2.23. The van der Waals surface area contributed by atoms with E-state index in [0.717, 1.165) is 0 Å². The minimum Gasteiger partial charge on any atom is -0.491 e. The number of rotatable bonds is 8. The molecule has 1 aliphatic heterocycles. The van der Waals surface area contributed by atoms with E-state index < -0.39 is 12.0 Å². The number of carbonyl (C=O) groups excluding carboxylic acids is 2. The second-order valence-electron chi connectivity index (χ2n) is 7.64. The molecule has 0 aromatic heterocycles. The summed E-state index contributed by atoms with van der Waals surface area (Å²) in [5, 5.41) is 20.0. The number of aliphatic hydroxyl groups excluding tert-OH is 1. The van der Waals surface area contributed by atoms with E-state index in [1.165, 1.54) is 0 Å². The van der Waals surface area contributed by atoms with Crippen LogP contribution in [-0.4, -0.2) is 72.2 Å². The van der Waals surface area contributed by atoms with Crippen molar-refractivity contribution < 1.29 is 19.4 Å². The van der Waals surface area contributed by atoms with Crippen molar-refractivity contribution in [3.8, 4) is 11.8 Å². The molecule has 9 heteroatoms. The van der Waals surface area contributed by atoms with Crippen LogP contribution in [0.25, 0.3) is 0 Å². The number of carbonyl (C=O) groups is 2. The van der Waals surface area contributed by atoms with Crippen molar-refractivity contribution in [1.29, 1.82) is 5.26 Å². The molecule has 1 atom stereocenters. The van der Waals surface area contributed by atoms with E-state index in [4.69, 9.17) is 27.3 Å². The third-order valence-corrected chi connectivity index (χ3v) is 5.46. The highest BCUT2D eigenvalue weighted by molar-refractivity contribution is 6.30. The lowest BCUT2D eigenvalue weighted by Crippen LogP contribution is -2.51. The molecular formula is C23H25ClN4O4. The van der Waals surface area contributed by atoms with Crippen LogP contribution in [0.15, 0.2) is 42.5 Å². The Morgan fingerprint density at radius 1 is 1.16 bits per heavy atom. The molecule has 1 aliphatic rings. The van der Waals surface area contributed by atoms with E-state index in [1.807, 2.05) is 6.07 Å². The Labute approximate surface area is 191 Å². The van der Waals surface area contributed by atoms with Crippen molar-refractivity contribution in [2.75, 3.05) is 39.3 Å². The van der Waals surface area contributed by atoms with Crippen LogP contribution in [0, 0.1) is 11.3 Å². The fourth-order valence-corrected chi connectivity index (χ4v) is 3.69. The van der Waals surface area contributed by atoms with E-state index in [9.17, 15) is 14.7 Å². The lowest BCUT2D eigenvalue weighted by molar-refractivity contribution is -0.117. The molecule has 32 heavy (non-hydrogen) atoms. The lowest BCUT2D eigenvalue weighted by atomic mass is 10.1. The van der Waals surface area contributed by atoms with Gasteiger partial charge in [-0.3, -0.25) is 14.5 Å². The zero-order valence-electron chi connectivity index (χ0n) is 17.5. The van der Waals surface area contributed by atoms with Crippen LogP contribution < -0.4 is 10.5 Å². The first-order valence-corrected chi connectivity index (χ1v) is 10.6. The van der Waals surface area contributed by atoms with Crippen LogP contribution in [0.1, 0.15) is 21.5 Å². The van der Waals surface area contributed by atoms with Crippen LogP contribution in [0.4, 0.5) is 0 Å². The van der Waals surface area contributed by atoms with Gasteiger partial charge in [0.15, 0.2) is 0 Å². The number of piperazine rings is 1. The first-order valence-electron chi connectivity index (χ1n) is 10.2. The standard InChI is InChI=1S/C23H25ClN4O4/c24-19-4-2-17(3-5-19)23(31)28-9-7-27(8-10-28)14-20(29)15-32-21-6-1-16(13-25)11-18(21)12-22(26)30/h1-6,11,20,29H,7-10,12,14-15H2,(H2,26,30). The van der Waals surface area contributed by atoms with Gasteiger partial charge in [0.05, 0.1) is 18.1 Å². The average molecular weight is 457 g/mol. The number of halogens is 1. The minimum atomic E-state index is -0.759. The Hall–Kier alpha value is -3.12. The van der Waals surface area contributed by atoms with Crippen molar-refractivity contribution >= 4 is 23.4 Å². The van der Waals surface area contributed by atoms with Gasteiger partial charge in [-0.1, -0.05) is 11.6 Å². The van der Waals surface area contributed by atoms with Crippen molar-refractivity contribution in [3.63, 3.8) is 0 Å². The highest BCUT2D eigenvalue weighted by Crippen LogP contribution is 2.21. The maximum Gasteiger partial charge on any atom is 0.253 e. The van der Waals surface area contributed by atoms with Gasteiger partial charge in [-0.05, 0) is 42.5 Å². The number of amides is 2. The van der Waals surface area contributed by atoms with Gasteiger partial charge in [0.2, 0.25) is 5.91 Å². The summed E-state index contributed by atoms with van der Waals surface area (Å²) in [5.41, 5.74) is 6.79. The number of β-amino-alcohol motifs (C(OH)–C–C–N with tert-alkyl or cyclic N) is 1. The summed E-state index contributed by atoms with van der Waals surface area (Å²) in [6.07, 6.45) is -0.810. The van der Waals surface area contributed by atoms with Gasteiger partial charge in [0.25, 0.3) is 5.91 Å². The molecule has 8 nitrogen and oxygen atoms in total. The zero-order valence-corrected chi connectivity index (χ0v) is 18.3. The number of nitrogens with zero attached hydrogens (tertiary/aromatic N) is 3. The van der Waals surface area contributed by atoms with Gasteiger partial charge >= 0.3 is 0 Å². The first kappa shape index (κ1) is 23.5. The van der Waals surface area contributed by atoms with Crippen LogP contribution in [-0.2, 0) is 11.2 Å². The van der Waals surface area contributed by atoms with E-state index in [2.05, 4.69) is 4.90 Å². The smallest absolute Gasteiger partial charge is 0.253 e. The summed E-state index contributed by atoms with van der Waals surface area (Å²) >= 11 is 5.88. The molecule has 2 amide bonds. The maximum absolute atomic E-state index is 12.6. The Morgan fingerprint density at radius 3 is 2.47 bits per heavy atom. The number of nitriles is 1. The Balaban J connectivity index is 1.48. The first-order chi connectivity index (χ1) is 15.4. The molecule has 0 spiro atoms. The molecule has 1 unspecified atom stereocenters. The van der Waals surface area contributed by atoms with E-state index in [1.54, 1.807) is 47.4 Å². The SMILES string of the molecule is N#Cc1ccc(OCC(O)CN2CCN(C(=O)c3ccc(Cl)cc3)CC2)c(CC(N)=O)c1. The van der Waals surface area contributed by atoms with Gasteiger partial charge in [-0.15, -0.1) is 0 Å². The van der Waals surface area contributed by atoms with Crippen LogP contribution in [0.3, 0.4) is 0 Å². The van der Waals surface area contributed by atoms with Crippen LogP contribution >= 0.6 is 11.6 Å². The Bertz CT molecular complexity index is 998. The molecule has 2 aromatic rings. The van der Waals surface area contributed by atoms with Gasteiger partial charge in [0, 0.05) is 48.9 Å². The van der Waals surface area contributed by atoms with Gasteiger partial charge in [-0.25, -0.2) is 0 Å². The molecule has 1 heterocycles. The number of hydrogen-bond acceptors (Lipinski definition) is 6. The van der Waals surface area contributed by atoms with Gasteiger partial charge in [-0.2, -0.15) is 5.26 Å². The van der Waals surface area contributed by atoms with Gasteiger partial charge < -0.3 is 20.5 Å². The normalized spacial score (nSPS) is 15.1. The number of primary amides is 1. The third kappa shape index (κ3) is 6.44. The second kappa shape index (κ2) is 11.0. The molecule has 3 N–H and O–H groups in total. The summed E-state index contributed by atoms with van der Waals surface area (Å²) in [7, 11) is 0. The Morgan fingerprint density at radius 2 is 1.84 bits per heavy atom. The molecule has 2 aromatic carbocycles. The molecule has 168 valence electrons. The predicted molar refractivity (Wildman–Crippen MR) is 119 cm³/mol. The Kier molecular flexibility index (Phi) is 8.06. The van der Waals surface area contributed by atoms with E-state index in [0.29, 0.717) is 60.2 Å². The number of hydrogen-bond donors (Lipinski definition) is 2. The zero-order chi connectivity index (χ0) is 23.1. The molecule has 1 saturated heterocycles.